The zero-order valence-corrected chi connectivity index (χ0v) is 8.46. The highest BCUT2D eigenvalue weighted by Crippen LogP contribution is 2.11. The average molecular weight is 206 g/mol. The molecule has 13 heavy (non-hydrogen) atoms. The Morgan fingerprint density at radius 1 is 1.62 bits per heavy atom. The molecule has 1 heterocycles. The van der Waals surface area contributed by atoms with E-state index in [0.29, 0.717) is 18.8 Å². The third kappa shape index (κ3) is 3.53. The molecule has 0 saturated carbocycles. The largest absolute Gasteiger partial charge is 0.391 e. The van der Waals surface area contributed by atoms with Crippen molar-refractivity contribution in [1.82, 2.24) is 4.90 Å². The van der Waals surface area contributed by atoms with E-state index in [-0.39, 0.29) is 12.0 Å². The van der Waals surface area contributed by atoms with Crippen molar-refractivity contribution in [3.8, 4) is 0 Å². The molecule has 0 aromatic heterocycles. The highest BCUT2D eigenvalue weighted by Gasteiger charge is 2.21. The van der Waals surface area contributed by atoms with E-state index in [0.717, 1.165) is 25.8 Å². The lowest BCUT2D eigenvalue weighted by Crippen LogP contribution is -2.42. The van der Waals surface area contributed by atoms with E-state index in [9.17, 15) is 9.90 Å². The zero-order chi connectivity index (χ0) is 9.68. The number of nitrogens with zero attached hydrogens (tertiary/aromatic N) is 1. The lowest BCUT2D eigenvalue weighted by molar-refractivity contribution is -0.134. The van der Waals surface area contributed by atoms with Crippen LogP contribution in [-0.4, -0.2) is 41.0 Å². The third-order valence-electron chi connectivity index (χ3n) is 2.27. The Morgan fingerprint density at radius 2 is 2.38 bits per heavy atom. The lowest BCUT2D eigenvalue weighted by atomic mass is 10.1. The number of carbonyl (C=O) groups excluding carboxylic acids is 1. The van der Waals surface area contributed by atoms with Gasteiger partial charge in [-0.1, -0.05) is 0 Å². The Bertz CT molecular complexity index is 175. The molecule has 0 aliphatic carbocycles. The quantitative estimate of drug-likeness (QED) is 0.699. The molecule has 4 heteroatoms. The van der Waals surface area contributed by atoms with Crippen LogP contribution in [0, 0.1) is 0 Å². The van der Waals surface area contributed by atoms with Gasteiger partial charge in [-0.25, -0.2) is 0 Å². The van der Waals surface area contributed by atoms with Crippen molar-refractivity contribution >= 4 is 17.5 Å². The number of piperidine rings is 1. The average Bonchev–Trinajstić information content (AvgIpc) is 2.14. The first-order chi connectivity index (χ1) is 6.24. The lowest BCUT2D eigenvalue weighted by Gasteiger charge is -2.30. The minimum absolute atomic E-state index is 0.124. The van der Waals surface area contributed by atoms with Gasteiger partial charge in [0.25, 0.3) is 0 Å². The molecule has 0 aromatic rings. The maximum atomic E-state index is 11.5. The van der Waals surface area contributed by atoms with Gasteiger partial charge in [-0.15, -0.1) is 11.6 Å². The molecule has 76 valence electrons. The predicted octanol–water partition coefficient (Wildman–Crippen LogP) is 0.989. The van der Waals surface area contributed by atoms with Crippen molar-refractivity contribution in [2.45, 2.75) is 31.8 Å². The molecule has 1 rings (SSSR count). The first-order valence-electron chi connectivity index (χ1n) is 4.76. The van der Waals surface area contributed by atoms with Gasteiger partial charge in [0.1, 0.15) is 0 Å². The highest BCUT2D eigenvalue weighted by molar-refractivity contribution is 6.17. The van der Waals surface area contributed by atoms with Crippen LogP contribution in [0.1, 0.15) is 25.7 Å². The van der Waals surface area contributed by atoms with Crippen molar-refractivity contribution in [2.75, 3.05) is 19.0 Å². The first kappa shape index (κ1) is 10.8. The van der Waals surface area contributed by atoms with Crippen molar-refractivity contribution in [3.63, 3.8) is 0 Å². The van der Waals surface area contributed by atoms with Gasteiger partial charge < -0.3 is 10.0 Å². The zero-order valence-electron chi connectivity index (χ0n) is 7.71. The number of hydrogen-bond donors (Lipinski definition) is 1. The van der Waals surface area contributed by atoms with Crippen LogP contribution < -0.4 is 0 Å². The molecule has 1 atom stereocenters. The van der Waals surface area contributed by atoms with Crippen LogP contribution in [-0.2, 0) is 4.79 Å². The molecular weight excluding hydrogens is 190 g/mol. The van der Waals surface area contributed by atoms with Gasteiger partial charge in [0.2, 0.25) is 5.91 Å². The summed E-state index contributed by atoms with van der Waals surface area (Å²) in [6, 6.07) is 0. The molecule has 0 unspecified atom stereocenters. The molecular formula is C9H16ClNO2. The van der Waals surface area contributed by atoms with Crippen LogP contribution in [0.15, 0.2) is 0 Å². The maximum absolute atomic E-state index is 11.5. The summed E-state index contributed by atoms with van der Waals surface area (Å²) >= 11 is 5.49. The molecule has 1 amide bonds. The number of aliphatic hydroxyl groups excluding tert-OH is 1. The summed E-state index contributed by atoms with van der Waals surface area (Å²) in [5, 5.41) is 9.33. The smallest absolute Gasteiger partial charge is 0.222 e. The molecule has 1 N–H and O–H groups in total. The van der Waals surface area contributed by atoms with E-state index in [1.807, 2.05) is 0 Å². The van der Waals surface area contributed by atoms with Gasteiger partial charge in [-0.05, 0) is 19.3 Å². The van der Waals surface area contributed by atoms with Crippen LogP contribution in [0.3, 0.4) is 0 Å². The summed E-state index contributed by atoms with van der Waals surface area (Å²) in [5.74, 6) is 0.654. The normalized spacial score (nSPS) is 23.2. The van der Waals surface area contributed by atoms with E-state index < -0.39 is 0 Å². The fourth-order valence-corrected chi connectivity index (χ4v) is 1.69. The van der Waals surface area contributed by atoms with Gasteiger partial charge in [0.05, 0.1) is 6.10 Å². The van der Waals surface area contributed by atoms with Crippen LogP contribution in [0.2, 0.25) is 0 Å². The van der Waals surface area contributed by atoms with E-state index >= 15 is 0 Å². The number of likely N-dealkylation sites (tertiary alicyclic amines) is 1. The number of aliphatic hydroxyl groups is 1. The van der Waals surface area contributed by atoms with E-state index in [1.54, 1.807) is 4.90 Å². The van der Waals surface area contributed by atoms with Crippen molar-refractivity contribution in [1.29, 1.82) is 0 Å². The number of halogens is 1. The van der Waals surface area contributed by atoms with Crippen molar-refractivity contribution in [3.05, 3.63) is 0 Å². The Balaban J connectivity index is 2.28. The van der Waals surface area contributed by atoms with Gasteiger partial charge in [0, 0.05) is 25.4 Å². The molecule has 0 spiro atoms. The molecule has 1 fully saturated rings. The second kappa shape index (κ2) is 5.45. The Labute approximate surface area is 83.7 Å². The predicted molar refractivity (Wildman–Crippen MR) is 51.8 cm³/mol. The van der Waals surface area contributed by atoms with E-state index in [2.05, 4.69) is 0 Å². The monoisotopic (exact) mass is 205 g/mol. The number of alkyl halides is 1. The Kier molecular flexibility index (Phi) is 4.53. The van der Waals surface area contributed by atoms with Crippen molar-refractivity contribution in [2.24, 2.45) is 0 Å². The van der Waals surface area contributed by atoms with Gasteiger partial charge in [-0.3, -0.25) is 4.79 Å². The fourth-order valence-electron chi connectivity index (χ4n) is 1.56. The summed E-state index contributed by atoms with van der Waals surface area (Å²) < 4.78 is 0. The SMILES string of the molecule is O=C(CCCCl)N1CCC[C@H](O)C1. The van der Waals surface area contributed by atoms with Gasteiger partial charge >= 0.3 is 0 Å². The second-order valence-electron chi connectivity index (χ2n) is 3.43. The number of carbonyl (C=O) groups is 1. The summed E-state index contributed by atoms with van der Waals surface area (Å²) in [5.41, 5.74) is 0. The van der Waals surface area contributed by atoms with E-state index in [1.165, 1.54) is 0 Å². The molecule has 1 aliphatic rings. The minimum Gasteiger partial charge on any atom is -0.391 e. The van der Waals surface area contributed by atoms with Crippen LogP contribution in [0.5, 0.6) is 0 Å². The van der Waals surface area contributed by atoms with Crippen LogP contribution >= 0.6 is 11.6 Å². The Morgan fingerprint density at radius 3 is 3.00 bits per heavy atom. The standard InChI is InChI=1S/C9H16ClNO2/c10-5-1-4-9(13)11-6-2-3-8(12)7-11/h8,12H,1-7H2/t8-/m0/s1. The summed E-state index contributed by atoms with van der Waals surface area (Å²) in [7, 11) is 0. The van der Waals surface area contributed by atoms with Gasteiger partial charge in [-0.2, -0.15) is 0 Å². The fraction of sp³-hybridized carbons (Fsp3) is 0.889. The summed E-state index contributed by atoms with van der Waals surface area (Å²) in [6.07, 6.45) is 2.64. The molecule has 3 nitrogen and oxygen atoms in total. The topological polar surface area (TPSA) is 40.5 Å². The van der Waals surface area contributed by atoms with E-state index in [4.69, 9.17) is 11.6 Å². The van der Waals surface area contributed by atoms with Crippen molar-refractivity contribution < 1.29 is 9.90 Å². The summed E-state index contributed by atoms with van der Waals surface area (Å²) in [4.78, 5) is 13.2. The number of amides is 1. The minimum atomic E-state index is -0.325. The highest BCUT2D eigenvalue weighted by atomic mass is 35.5. The molecule has 1 saturated heterocycles. The number of β-amino-alcohol motifs (C(OH)–C–C–N with tert-alkyl or cyclic N) is 1. The number of hydrogen-bond acceptors (Lipinski definition) is 2. The maximum Gasteiger partial charge on any atom is 0.222 e. The van der Waals surface area contributed by atoms with Crippen LogP contribution in [0.25, 0.3) is 0 Å². The second-order valence-corrected chi connectivity index (χ2v) is 3.81. The molecule has 0 aromatic carbocycles. The molecule has 0 bridgehead atoms. The van der Waals surface area contributed by atoms with Gasteiger partial charge in [0.15, 0.2) is 0 Å². The first-order valence-corrected chi connectivity index (χ1v) is 5.29. The van der Waals surface area contributed by atoms with Crippen LogP contribution in [0.4, 0.5) is 0 Å². The Hall–Kier alpha value is -0.280. The molecule has 0 radical (unpaired) electrons. The molecule has 1 aliphatic heterocycles. The number of rotatable bonds is 3. The third-order valence-corrected chi connectivity index (χ3v) is 2.54. The summed E-state index contributed by atoms with van der Waals surface area (Å²) in [6.45, 7) is 1.29.